The van der Waals surface area contributed by atoms with Gasteiger partial charge in [0.1, 0.15) is 5.75 Å². The summed E-state index contributed by atoms with van der Waals surface area (Å²) in [6, 6.07) is 5.82. The van der Waals surface area contributed by atoms with Gasteiger partial charge in [-0.25, -0.2) is 0 Å². The first-order valence-corrected chi connectivity index (χ1v) is 12.5. The molecule has 0 spiro atoms. The highest BCUT2D eigenvalue weighted by Gasteiger charge is 2.15. The van der Waals surface area contributed by atoms with E-state index >= 15 is 0 Å². The summed E-state index contributed by atoms with van der Waals surface area (Å²) in [5, 5.41) is 8.34. The maximum Gasteiger partial charge on any atom is 0.312 e. The van der Waals surface area contributed by atoms with Gasteiger partial charge in [0.05, 0.1) is 0 Å². The molecule has 1 heterocycles. The van der Waals surface area contributed by atoms with E-state index in [0.29, 0.717) is 5.89 Å². The van der Waals surface area contributed by atoms with Gasteiger partial charge in [-0.1, -0.05) is 101 Å². The number of nitrogens with zero attached hydrogens (tertiary/aromatic N) is 2. The lowest BCUT2D eigenvalue weighted by Crippen LogP contribution is -2.04. The monoisotopic (exact) mass is 449 g/mol. The first-order chi connectivity index (χ1) is 15.1. The number of aromatic nitrogens is 2. The number of hydrogen-bond acceptors (Lipinski definition) is 5. The van der Waals surface area contributed by atoms with Crippen molar-refractivity contribution in [2.45, 2.75) is 110 Å². The van der Waals surface area contributed by atoms with Crippen LogP contribution in [0.3, 0.4) is 0 Å². The molecule has 1 unspecified atom stereocenters. The summed E-state index contributed by atoms with van der Waals surface area (Å²) < 4.78 is 11.1. The van der Waals surface area contributed by atoms with Crippen LogP contribution in [0.25, 0.3) is 0 Å². The molecule has 1 aromatic heterocycles. The Bertz CT molecular complexity index is 735. The molecule has 0 amide bonds. The Labute approximate surface area is 193 Å². The molecule has 0 bridgehead atoms. The number of rotatable bonds is 17. The Hall–Kier alpha value is -1.75. The van der Waals surface area contributed by atoms with Crippen LogP contribution in [0, 0.1) is 0 Å². The molecule has 1 aromatic carbocycles. The van der Waals surface area contributed by atoms with Gasteiger partial charge in [-0.05, 0) is 43.5 Å². The molecule has 0 saturated heterocycles. The molecule has 2 aromatic rings. The fraction of sp³-hybridized carbons (Fsp3) is 0.680. The van der Waals surface area contributed by atoms with Crippen LogP contribution in [0.1, 0.15) is 115 Å². The quantitative estimate of drug-likeness (QED) is 0.247. The summed E-state index contributed by atoms with van der Waals surface area (Å²) in [6.07, 6.45) is 18.2. The second-order valence-electron chi connectivity index (χ2n) is 8.48. The topological polar surface area (TPSA) is 74.2 Å². The van der Waals surface area contributed by atoms with E-state index < -0.39 is 0 Å². The number of benzene rings is 1. The molecule has 0 aliphatic carbocycles. The zero-order valence-corrected chi connectivity index (χ0v) is 20.1. The van der Waals surface area contributed by atoms with Crippen LogP contribution in [0.4, 0.5) is 6.01 Å². The number of unbranched alkanes of at least 4 members (excludes halogenated alkanes) is 12. The predicted octanol–water partition coefficient (Wildman–Crippen LogP) is 8.08. The molecule has 0 aliphatic rings. The summed E-state index contributed by atoms with van der Waals surface area (Å²) in [7, 11) is 0. The van der Waals surface area contributed by atoms with Crippen LogP contribution < -0.4 is 10.5 Å². The number of hydrogen-bond donors (Lipinski definition) is 1. The number of nitrogens with two attached hydrogens (primary N) is 1. The Kier molecular flexibility index (Phi) is 12.4. The maximum atomic E-state index is 6.39. The maximum absolute atomic E-state index is 6.39. The van der Waals surface area contributed by atoms with E-state index in [4.69, 9.17) is 26.5 Å². The highest BCUT2D eigenvalue weighted by atomic mass is 35.5. The summed E-state index contributed by atoms with van der Waals surface area (Å²) in [4.78, 5) is 0. The van der Waals surface area contributed by atoms with Gasteiger partial charge in [-0.3, -0.25) is 0 Å². The average molecular weight is 450 g/mol. The normalized spacial score (nSPS) is 12.2. The van der Waals surface area contributed by atoms with Gasteiger partial charge >= 0.3 is 6.01 Å². The van der Waals surface area contributed by atoms with E-state index in [0.717, 1.165) is 29.2 Å². The van der Waals surface area contributed by atoms with Crippen LogP contribution in [0.15, 0.2) is 22.6 Å². The molecule has 6 heteroatoms. The van der Waals surface area contributed by atoms with E-state index in [1.807, 2.05) is 25.1 Å². The van der Waals surface area contributed by atoms with Crippen molar-refractivity contribution in [3.05, 3.63) is 34.7 Å². The Morgan fingerprint density at radius 2 is 1.48 bits per heavy atom. The molecule has 31 heavy (non-hydrogen) atoms. The summed E-state index contributed by atoms with van der Waals surface area (Å²) >= 11 is 6.39. The lowest BCUT2D eigenvalue weighted by atomic mass is 10.0. The lowest BCUT2D eigenvalue weighted by molar-refractivity contribution is 0.190. The second-order valence-corrected chi connectivity index (χ2v) is 8.89. The van der Waals surface area contributed by atoms with Crippen molar-refractivity contribution < 1.29 is 9.15 Å². The highest BCUT2D eigenvalue weighted by molar-refractivity contribution is 6.31. The standard InChI is InChI=1S/C25H40ClN3O2/c1-3-4-5-6-7-8-9-10-11-12-13-14-15-16-21-19-22(17-18-23(21)26)30-20(2)24-28-29-25(27)31-24/h17-20H,3-16H2,1-2H3,(H2,27,29). The van der Waals surface area contributed by atoms with Crippen molar-refractivity contribution in [1.82, 2.24) is 10.2 Å². The number of nitrogen functional groups attached to an aromatic ring is 1. The van der Waals surface area contributed by atoms with Crippen molar-refractivity contribution in [1.29, 1.82) is 0 Å². The lowest BCUT2D eigenvalue weighted by Gasteiger charge is -2.13. The zero-order chi connectivity index (χ0) is 22.3. The molecule has 1 atom stereocenters. The molecular formula is C25H40ClN3O2. The van der Waals surface area contributed by atoms with Crippen LogP contribution in [0.2, 0.25) is 5.02 Å². The first-order valence-electron chi connectivity index (χ1n) is 12.1. The summed E-state index contributed by atoms with van der Waals surface area (Å²) in [6.45, 7) is 4.13. The van der Waals surface area contributed by atoms with Crippen LogP contribution in [0.5, 0.6) is 5.75 Å². The van der Waals surface area contributed by atoms with Gasteiger partial charge in [0.15, 0.2) is 6.10 Å². The smallest absolute Gasteiger partial charge is 0.312 e. The van der Waals surface area contributed by atoms with Crippen LogP contribution in [-0.4, -0.2) is 10.2 Å². The van der Waals surface area contributed by atoms with E-state index in [1.165, 1.54) is 77.0 Å². The van der Waals surface area contributed by atoms with E-state index in [2.05, 4.69) is 17.1 Å². The number of anilines is 1. The molecule has 0 radical (unpaired) electrons. The molecule has 2 rings (SSSR count). The second kappa shape index (κ2) is 15.1. The van der Waals surface area contributed by atoms with Crippen molar-refractivity contribution in [3.8, 4) is 5.75 Å². The van der Waals surface area contributed by atoms with Crippen LogP contribution >= 0.6 is 11.6 Å². The number of aryl methyl sites for hydroxylation is 1. The summed E-state index contributed by atoms with van der Waals surface area (Å²) in [5.41, 5.74) is 6.61. The van der Waals surface area contributed by atoms with Crippen molar-refractivity contribution in [3.63, 3.8) is 0 Å². The zero-order valence-electron chi connectivity index (χ0n) is 19.4. The minimum atomic E-state index is -0.366. The van der Waals surface area contributed by atoms with Crippen molar-refractivity contribution >= 4 is 17.6 Å². The largest absolute Gasteiger partial charge is 0.481 e. The third-order valence-electron chi connectivity index (χ3n) is 5.68. The first kappa shape index (κ1) is 25.5. The highest BCUT2D eigenvalue weighted by Crippen LogP contribution is 2.27. The van der Waals surface area contributed by atoms with Crippen molar-refractivity contribution in [2.75, 3.05) is 5.73 Å². The fourth-order valence-corrected chi connectivity index (χ4v) is 4.03. The molecule has 5 nitrogen and oxygen atoms in total. The summed E-state index contributed by atoms with van der Waals surface area (Å²) in [5.74, 6) is 1.11. The van der Waals surface area contributed by atoms with Gasteiger partial charge in [0.25, 0.3) is 5.89 Å². The van der Waals surface area contributed by atoms with Gasteiger partial charge < -0.3 is 14.9 Å². The van der Waals surface area contributed by atoms with Gasteiger partial charge in [0, 0.05) is 5.02 Å². The molecule has 174 valence electrons. The number of ether oxygens (including phenoxy) is 1. The van der Waals surface area contributed by atoms with E-state index in [9.17, 15) is 0 Å². The fourth-order valence-electron chi connectivity index (χ4n) is 3.81. The molecule has 2 N–H and O–H groups in total. The average Bonchev–Trinajstić information content (AvgIpc) is 3.20. The van der Waals surface area contributed by atoms with Gasteiger partial charge in [-0.15, -0.1) is 5.10 Å². The predicted molar refractivity (Wildman–Crippen MR) is 129 cm³/mol. The Morgan fingerprint density at radius 1 is 0.903 bits per heavy atom. The van der Waals surface area contributed by atoms with E-state index in [-0.39, 0.29) is 12.1 Å². The van der Waals surface area contributed by atoms with E-state index in [1.54, 1.807) is 0 Å². The minimum absolute atomic E-state index is 0.0460. The molecular weight excluding hydrogens is 410 g/mol. The van der Waals surface area contributed by atoms with Gasteiger partial charge in [0.2, 0.25) is 0 Å². The SMILES string of the molecule is CCCCCCCCCCCCCCCc1cc(OC(C)c2nnc(N)o2)ccc1Cl. The molecule has 0 saturated carbocycles. The Morgan fingerprint density at radius 3 is 2.03 bits per heavy atom. The van der Waals surface area contributed by atoms with Crippen LogP contribution in [-0.2, 0) is 6.42 Å². The minimum Gasteiger partial charge on any atom is -0.481 e. The Balaban J connectivity index is 1.57. The third-order valence-corrected chi connectivity index (χ3v) is 6.05. The molecule has 0 aliphatic heterocycles. The van der Waals surface area contributed by atoms with Gasteiger partial charge in [-0.2, -0.15) is 0 Å². The molecule has 0 fully saturated rings. The third kappa shape index (κ3) is 10.4. The van der Waals surface area contributed by atoms with Crippen molar-refractivity contribution in [2.24, 2.45) is 0 Å². The number of halogens is 1.